The van der Waals surface area contributed by atoms with Crippen LogP contribution in [0.2, 0.25) is 5.02 Å². The van der Waals surface area contributed by atoms with E-state index >= 15 is 0 Å². The lowest BCUT2D eigenvalue weighted by Gasteiger charge is -2.36. The molecule has 0 spiro atoms. The predicted octanol–water partition coefficient (Wildman–Crippen LogP) is 4.53. The summed E-state index contributed by atoms with van der Waals surface area (Å²) in [6.45, 7) is 0. The number of nitrogens with zero attached hydrogens (tertiary/aromatic N) is 1. The number of nitrogens with one attached hydrogen (secondary N) is 1. The molecule has 4 fully saturated rings. The van der Waals surface area contributed by atoms with Gasteiger partial charge in [-0.3, -0.25) is 9.53 Å². The van der Waals surface area contributed by atoms with Gasteiger partial charge in [-0.05, 0) is 56.2 Å². The second kappa shape index (κ2) is 8.11. The number of amides is 1. The van der Waals surface area contributed by atoms with Crippen molar-refractivity contribution in [2.45, 2.75) is 80.6 Å². The highest BCUT2D eigenvalue weighted by molar-refractivity contribution is 6.30. The Morgan fingerprint density at radius 1 is 1.20 bits per heavy atom. The molecule has 188 valence electrons. The molecule has 11 heteroatoms. The number of rotatable bonds is 5. The third-order valence-electron chi connectivity index (χ3n) is 8.01. The Morgan fingerprint density at radius 3 is 2.71 bits per heavy atom. The number of fused-ring (bicyclic) bond motifs is 2. The van der Waals surface area contributed by atoms with Crippen LogP contribution in [-0.2, 0) is 14.9 Å². The molecule has 1 aromatic heterocycles. The number of aliphatic hydroxyl groups excluding tert-OH is 1. The van der Waals surface area contributed by atoms with Crippen LogP contribution in [0.25, 0.3) is 0 Å². The van der Waals surface area contributed by atoms with Crippen molar-refractivity contribution >= 4 is 17.5 Å². The molecule has 2 aromatic rings. The first-order chi connectivity index (χ1) is 16.6. The molecule has 5 aliphatic rings. The molecular weight excluding hydrogens is 489 g/mol. The number of carbonyl (C=O) groups is 1. The summed E-state index contributed by atoms with van der Waals surface area (Å²) in [6.07, 6.45) is -3.99. The fraction of sp³-hybridized carbons (Fsp3) is 0.583. The van der Waals surface area contributed by atoms with Gasteiger partial charge in [0.25, 0.3) is 5.91 Å². The summed E-state index contributed by atoms with van der Waals surface area (Å²) in [5.41, 5.74) is 1.19. The second-order valence-electron chi connectivity index (χ2n) is 10.3. The lowest BCUT2D eigenvalue weighted by molar-refractivity contribution is -0.352. The zero-order valence-corrected chi connectivity index (χ0v) is 19.3. The van der Waals surface area contributed by atoms with Crippen LogP contribution in [0.5, 0.6) is 5.75 Å². The van der Waals surface area contributed by atoms with Gasteiger partial charge in [-0.1, -0.05) is 16.8 Å². The van der Waals surface area contributed by atoms with Crippen LogP contribution >= 0.6 is 11.6 Å². The first-order valence-electron chi connectivity index (χ1n) is 11.7. The second-order valence-corrected chi connectivity index (χ2v) is 10.7. The van der Waals surface area contributed by atoms with Crippen LogP contribution < -0.4 is 10.1 Å². The highest BCUT2D eigenvalue weighted by Gasteiger charge is 2.59. The van der Waals surface area contributed by atoms with Crippen LogP contribution in [0, 0.1) is 5.92 Å². The highest BCUT2D eigenvalue weighted by atomic mass is 35.5. The topological polar surface area (TPSA) is 93.8 Å². The Morgan fingerprint density at radius 2 is 1.97 bits per heavy atom. The quantitative estimate of drug-likeness (QED) is 0.611. The maximum absolute atomic E-state index is 13.0. The number of alkyl halides is 3. The third kappa shape index (κ3) is 4.19. The lowest BCUT2D eigenvalue weighted by atomic mass is 9.67. The van der Waals surface area contributed by atoms with Crippen molar-refractivity contribution in [2.75, 3.05) is 0 Å². The SMILES string of the molecule is O=C(NC1CC2(c3cc([C@H]4C[C@@H](OC(F)(F)F)C4)on3)CC1C2)[C@H]1C[C@@H](O)c2cc(Cl)ccc2O1. The summed E-state index contributed by atoms with van der Waals surface area (Å²) < 4.78 is 52.4. The van der Waals surface area contributed by atoms with Crippen molar-refractivity contribution in [3.63, 3.8) is 0 Å². The normalized spacial score (nSPS) is 35.5. The molecule has 1 aromatic carbocycles. The van der Waals surface area contributed by atoms with E-state index in [1.54, 1.807) is 18.2 Å². The number of benzene rings is 1. The zero-order chi connectivity index (χ0) is 24.5. The van der Waals surface area contributed by atoms with Gasteiger partial charge in [-0.2, -0.15) is 0 Å². The Bertz CT molecular complexity index is 1140. The standard InChI is InChI=1S/C24H24ClF3N2O5/c25-13-1-2-18-15(5-13)17(31)6-20(33-18)22(32)29-16-10-23(8-12(16)9-23)21-7-19(35-30-21)11-3-14(4-11)34-24(26,27)28/h1-2,5,7,11-12,14,16-17,20,31H,3-4,6,8-10H2,(H,29,32)/t11-,12?,14+,16?,17-,20-,23?/m1/s1. The van der Waals surface area contributed by atoms with Gasteiger partial charge in [0, 0.05) is 40.4 Å². The third-order valence-corrected chi connectivity index (χ3v) is 8.25. The van der Waals surface area contributed by atoms with E-state index in [0.717, 1.165) is 18.5 Å². The number of halogens is 4. The maximum Gasteiger partial charge on any atom is 0.522 e. The van der Waals surface area contributed by atoms with E-state index in [1.807, 2.05) is 6.07 Å². The summed E-state index contributed by atoms with van der Waals surface area (Å²) in [6, 6.07) is 6.77. The van der Waals surface area contributed by atoms with Crippen molar-refractivity contribution in [3.05, 3.63) is 46.3 Å². The zero-order valence-electron chi connectivity index (χ0n) is 18.6. The molecule has 7 nitrogen and oxygen atoms in total. The molecule has 1 amide bonds. The number of hydrogen-bond acceptors (Lipinski definition) is 6. The highest BCUT2D eigenvalue weighted by Crippen LogP contribution is 2.60. The van der Waals surface area contributed by atoms with Crippen molar-refractivity contribution in [3.8, 4) is 5.75 Å². The van der Waals surface area contributed by atoms with Gasteiger partial charge in [-0.15, -0.1) is 13.2 Å². The van der Waals surface area contributed by atoms with E-state index in [0.29, 0.717) is 34.4 Å². The fourth-order valence-corrected chi connectivity index (χ4v) is 6.32. The van der Waals surface area contributed by atoms with Crippen LogP contribution in [0.3, 0.4) is 0 Å². The summed E-state index contributed by atoms with van der Waals surface area (Å²) in [5, 5.41) is 18.3. The average Bonchev–Trinajstić information content (AvgIpc) is 3.43. The fourth-order valence-electron chi connectivity index (χ4n) is 6.13. The van der Waals surface area contributed by atoms with E-state index in [2.05, 4.69) is 15.2 Å². The van der Waals surface area contributed by atoms with Crippen LogP contribution in [-0.4, -0.2) is 40.8 Å². The van der Waals surface area contributed by atoms with E-state index in [4.69, 9.17) is 20.9 Å². The van der Waals surface area contributed by atoms with Crippen molar-refractivity contribution in [1.82, 2.24) is 10.5 Å². The maximum atomic E-state index is 13.0. The van der Waals surface area contributed by atoms with Crippen LogP contribution in [0.1, 0.15) is 67.6 Å². The summed E-state index contributed by atoms with van der Waals surface area (Å²) >= 11 is 5.99. The van der Waals surface area contributed by atoms with Gasteiger partial charge < -0.3 is 19.7 Å². The number of carbonyl (C=O) groups excluding carboxylic acids is 1. The largest absolute Gasteiger partial charge is 0.522 e. The molecule has 0 saturated heterocycles. The smallest absolute Gasteiger partial charge is 0.480 e. The minimum Gasteiger partial charge on any atom is -0.480 e. The van der Waals surface area contributed by atoms with E-state index < -0.39 is 24.7 Å². The molecule has 2 heterocycles. The Kier molecular flexibility index (Phi) is 5.36. The number of ether oxygens (including phenoxy) is 2. The Labute approximate surface area is 203 Å². The van der Waals surface area contributed by atoms with Gasteiger partial charge in [-0.25, -0.2) is 0 Å². The van der Waals surface area contributed by atoms with Gasteiger partial charge in [0.2, 0.25) is 0 Å². The molecule has 1 aliphatic heterocycles. The van der Waals surface area contributed by atoms with Gasteiger partial charge in [0.05, 0.1) is 17.9 Å². The molecule has 4 saturated carbocycles. The number of aliphatic hydroxyl groups is 1. The molecule has 1 unspecified atom stereocenters. The molecule has 4 aliphatic carbocycles. The van der Waals surface area contributed by atoms with Crippen molar-refractivity contribution < 1.29 is 37.1 Å². The van der Waals surface area contributed by atoms with E-state index in [-0.39, 0.29) is 42.5 Å². The molecule has 2 bridgehead atoms. The molecule has 35 heavy (non-hydrogen) atoms. The van der Waals surface area contributed by atoms with Gasteiger partial charge in [0.15, 0.2) is 6.10 Å². The van der Waals surface area contributed by atoms with E-state index in [1.165, 1.54) is 0 Å². The molecule has 7 rings (SSSR count). The van der Waals surface area contributed by atoms with E-state index in [9.17, 15) is 23.1 Å². The average molecular weight is 513 g/mol. The molecule has 0 radical (unpaired) electrons. The van der Waals surface area contributed by atoms with Crippen molar-refractivity contribution in [2.24, 2.45) is 5.92 Å². The first-order valence-corrected chi connectivity index (χ1v) is 12.1. The van der Waals surface area contributed by atoms with Gasteiger partial charge >= 0.3 is 6.36 Å². The predicted molar refractivity (Wildman–Crippen MR) is 116 cm³/mol. The molecular formula is C24H24ClF3N2O5. The minimum absolute atomic E-state index is 0.0386. The number of aromatic nitrogens is 1. The summed E-state index contributed by atoms with van der Waals surface area (Å²) in [7, 11) is 0. The molecule has 2 N–H and O–H groups in total. The van der Waals surface area contributed by atoms with Crippen LogP contribution in [0.15, 0.2) is 28.8 Å². The van der Waals surface area contributed by atoms with Gasteiger partial charge in [0.1, 0.15) is 11.5 Å². The summed E-state index contributed by atoms with van der Waals surface area (Å²) in [5.74, 6) is 0.973. The minimum atomic E-state index is -4.62. The first kappa shape index (κ1) is 23.1. The molecule has 3 atom stereocenters. The van der Waals surface area contributed by atoms with Crippen molar-refractivity contribution in [1.29, 1.82) is 0 Å². The van der Waals surface area contributed by atoms with Crippen LogP contribution in [0.4, 0.5) is 13.2 Å². The Hall–Kier alpha value is -2.30. The monoisotopic (exact) mass is 512 g/mol. The summed E-state index contributed by atoms with van der Waals surface area (Å²) in [4.78, 5) is 13.0. The lowest BCUT2D eigenvalue weighted by Crippen LogP contribution is -2.46. The Balaban J connectivity index is 1.05. The number of hydrogen-bond donors (Lipinski definition) is 2.